The van der Waals surface area contributed by atoms with Crippen LogP contribution in [0.2, 0.25) is 0 Å². The van der Waals surface area contributed by atoms with Crippen LogP contribution in [-0.4, -0.2) is 20.3 Å². The van der Waals surface area contributed by atoms with Crippen molar-refractivity contribution in [3.8, 4) is 17.2 Å². The normalized spacial score (nSPS) is 10.8. The van der Waals surface area contributed by atoms with Crippen LogP contribution in [0, 0.1) is 11.8 Å². The number of ether oxygens (including phenoxy) is 3. The van der Waals surface area contributed by atoms with Crippen molar-refractivity contribution >= 4 is 0 Å². The molecular formula is C15H24O3. The van der Waals surface area contributed by atoms with Crippen LogP contribution < -0.4 is 14.2 Å². The van der Waals surface area contributed by atoms with Crippen LogP contribution in [0.1, 0.15) is 27.7 Å². The monoisotopic (exact) mass is 252 g/mol. The molecule has 1 aromatic carbocycles. The molecule has 0 atom stereocenters. The first-order valence-corrected chi connectivity index (χ1v) is 6.47. The molecule has 3 nitrogen and oxygen atoms in total. The van der Waals surface area contributed by atoms with Gasteiger partial charge >= 0.3 is 0 Å². The zero-order valence-corrected chi connectivity index (χ0v) is 12.0. The predicted octanol–water partition coefficient (Wildman–Crippen LogP) is 3.76. The standard InChI is InChI=1S/C15H24O3/c1-11(2)9-17-13-7-6-8-14(15(13)16-5)18-10-12(3)4/h6-8,11-12H,9-10H2,1-5H3. The number of methoxy groups -OCH3 is 1. The summed E-state index contributed by atoms with van der Waals surface area (Å²) < 4.78 is 16.9. The van der Waals surface area contributed by atoms with Crippen LogP contribution in [-0.2, 0) is 0 Å². The van der Waals surface area contributed by atoms with Gasteiger partial charge in [-0.15, -0.1) is 0 Å². The van der Waals surface area contributed by atoms with E-state index in [1.807, 2.05) is 18.2 Å². The Hall–Kier alpha value is -1.38. The van der Waals surface area contributed by atoms with Crippen LogP contribution >= 0.6 is 0 Å². The van der Waals surface area contributed by atoms with Gasteiger partial charge in [0.1, 0.15) is 0 Å². The summed E-state index contributed by atoms with van der Waals surface area (Å²) in [6.07, 6.45) is 0. The Morgan fingerprint density at radius 2 is 1.33 bits per heavy atom. The summed E-state index contributed by atoms with van der Waals surface area (Å²) in [4.78, 5) is 0. The minimum atomic E-state index is 0.481. The minimum absolute atomic E-state index is 0.481. The maximum absolute atomic E-state index is 5.73. The van der Waals surface area contributed by atoms with Crippen LogP contribution in [0.25, 0.3) is 0 Å². The van der Waals surface area contributed by atoms with Crippen molar-refractivity contribution in [1.29, 1.82) is 0 Å². The summed E-state index contributed by atoms with van der Waals surface area (Å²) in [7, 11) is 1.64. The summed E-state index contributed by atoms with van der Waals surface area (Å²) in [6, 6.07) is 5.74. The Morgan fingerprint density at radius 1 is 0.889 bits per heavy atom. The highest BCUT2D eigenvalue weighted by Crippen LogP contribution is 2.37. The van der Waals surface area contributed by atoms with Gasteiger partial charge in [-0.1, -0.05) is 33.8 Å². The summed E-state index contributed by atoms with van der Waals surface area (Å²) in [5.41, 5.74) is 0. The molecule has 0 aliphatic carbocycles. The van der Waals surface area contributed by atoms with Gasteiger partial charge in [0.05, 0.1) is 20.3 Å². The van der Waals surface area contributed by atoms with Gasteiger partial charge in [-0.25, -0.2) is 0 Å². The topological polar surface area (TPSA) is 27.7 Å². The molecule has 0 saturated carbocycles. The molecule has 0 unspecified atom stereocenters. The molecule has 0 aromatic heterocycles. The maximum atomic E-state index is 5.73. The fourth-order valence-corrected chi connectivity index (χ4v) is 1.44. The highest BCUT2D eigenvalue weighted by Gasteiger charge is 2.12. The Balaban J connectivity index is 2.81. The van der Waals surface area contributed by atoms with Crippen molar-refractivity contribution < 1.29 is 14.2 Å². The number of hydrogen-bond acceptors (Lipinski definition) is 3. The molecule has 0 aliphatic heterocycles. The molecule has 0 bridgehead atoms. The summed E-state index contributed by atoms with van der Waals surface area (Å²) in [5.74, 6) is 3.13. The third-order valence-electron chi connectivity index (χ3n) is 2.29. The predicted molar refractivity (Wildman–Crippen MR) is 73.7 cm³/mol. The van der Waals surface area contributed by atoms with Gasteiger partial charge < -0.3 is 14.2 Å². The Morgan fingerprint density at radius 3 is 1.67 bits per heavy atom. The first kappa shape index (κ1) is 14.7. The van der Waals surface area contributed by atoms with E-state index in [1.165, 1.54) is 0 Å². The third-order valence-corrected chi connectivity index (χ3v) is 2.29. The van der Waals surface area contributed by atoms with Crippen LogP contribution in [0.3, 0.4) is 0 Å². The van der Waals surface area contributed by atoms with Gasteiger partial charge in [-0.2, -0.15) is 0 Å². The number of hydrogen-bond donors (Lipinski definition) is 0. The van der Waals surface area contributed by atoms with Crippen molar-refractivity contribution in [2.24, 2.45) is 11.8 Å². The molecule has 0 aliphatic rings. The van der Waals surface area contributed by atoms with Crippen molar-refractivity contribution in [3.63, 3.8) is 0 Å². The number of para-hydroxylation sites is 1. The van der Waals surface area contributed by atoms with Gasteiger partial charge in [0.15, 0.2) is 11.5 Å². The lowest BCUT2D eigenvalue weighted by Crippen LogP contribution is -2.08. The van der Waals surface area contributed by atoms with Crippen LogP contribution in [0.15, 0.2) is 18.2 Å². The van der Waals surface area contributed by atoms with Crippen LogP contribution in [0.5, 0.6) is 17.2 Å². The molecule has 102 valence electrons. The Labute approximate surface area is 110 Å². The second-order valence-electron chi connectivity index (χ2n) is 5.20. The molecule has 0 heterocycles. The van der Waals surface area contributed by atoms with Crippen molar-refractivity contribution in [1.82, 2.24) is 0 Å². The van der Waals surface area contributed by atoms with Crippen LogP contribution in [0.4, 0.5) is 0 Å². The smallest absolute Gasteiger partial charge is 0.203 e. The average Bonchev–Trinajstić information content (AvgIpc) is 2.33. The first-order valence-electron chi connectivity index (χ1n) is 6.47. The SMILES string of the molecule is COc1c(OCC(C)C)cccc1OCC(C)C. The zero-order chi connectivity index (χ0) is 13.5. The largest absolute Gasteiger partial charge is 0.490 e. The second kappa shape index (κ2) is 7.14. The fraction of sp³-hybridized carbons (Fsp3) is 0.600. The molecule has 0 amide bonds. The minimum Gasteiger partial charge on any atom is -0.490 e. The number of rotatable bonds is 7. The highest BCUT2D eigenvalue weighted by atomic mass is 16.5. The van der Waals surface area contributed by atoms with E-state index in [1.54, 1.807) is 7.11 Å². The average molecular weight is 252 g/mol. The van der Waals surface area contributed by atoms with E-state index in [2.05, 4.69) is 27.7 Å². The molecule has 0 radical (unpaired) electrons. The molecule has 1 aromatic rings. The lowest BCUT2D eigenvalue weighted by atomic mass is 10.2. The van der Waals surface area contributed by atoms with Gasteiger partial charge in [-0.3, -0.25) is 0 Å². The second-order valence-corrected chi connectivity index (χ2v) is 5.20. The molecule has 3 heteroatoms. The van der Waals surface area contributed by atoms with E-state index in [0.29, 0.717) is 30.8 Å². The van der Waals surface area contributed by atoms with Crippen molar-refractivity contribution in [2.45, 2.75) is 27.7 Å². The van der Waals surface area contributed by atoms with E-state index in [9.17, 15) is 0 Å². The maximum Gasteiger partial charge on any atom is 0.203 e. The molecule has 0 N–H and O–H groups in total. The van der Waals surface area contributed by atoms with E-state index >= 15 is 0 Å². The lowest BCUT2D eigenvalue weighted by molar-refractivity contribution is 0.235. The first-order chi connectivity index (χ1) is 8.54. The quantitative estimate of drug-likeness (QED) is 0.739. The molecule has 0 saturated heterocycles. The summed E-state index contributed by atoms with van der Waals surface area (Å²) in [6.45, 7) is 9.81. The lowest BCUT2D eigenvalue weighted by Gasteiger charge is -2.16. The molecule has 0 spiro atoms. The Kier molecular flexibility index (Phi) is 5.83. The summed E-state index contributed by atoms with van der Waals surface area (Å²) in [5, 5.41) is 0. The molecular weight excluding hydrogens is 228 g/mol. The Bertz CT molecular complexity index is 329. The van der Waals surface area contributed by atoms with Crippen molar-refractivity contribution in [3.05, 3.63) is 18.2 Å². The van der Waals surface area contributed by atoms with Gasteiger partial charge in [0.25, 0.3) is 0 Å². The summed E-state index contributed by atoms with van der Waals surface area (Å²) >= 11 is 0. The van der Waals surface area contributed by atoms with E-state index in [4.69, 9.17) is 14.2 Å². The van der Waals surface area contributed by atoms with E-state index in [-0.39, 0.29) is 0 Å². The van der Waals surface area contributed by atoms with E-state index < -0.39 is 0 Å². The van der Waals surface area contributed by atoms with Crippen molar-refractivity contribution in [2.75, 3.05) is 20.3 Å². The van der Waals surface area contributed by atoms with Gasteiger partial charge in [0, 0.05) is 0 Å². The fourth-order valence-electron chi connectivity index (χ4n) is 1.44. The number of benzene rings is 1. The molecule has 0 fully saturated rings. The van der Waals surface area contributed by atoms with Gasteiger partial charge in [0.2, 0.25) is 5.75 Å². The third kappa shape index (κ3) is 4.47. The zero-order valence-electron chi connectivity index (χ0n) is 12.0. The molecule has 18 heavy (non-hydrogen) atoms. The molecule has 1 rings (SSSR count). The van der Waals surface area contributed by atoms with Gasteiger partial charge in [-0.05, 0) is 24.0 Å². The van der Waals surface area contributed by atoms with E-state index in [0.717, 1.165) is 11.5 Å². The highest BCUT2D eigenvalue weighted by molar-refractivity contribution is 5.51.